The minimum absolute atomic E-state index is 0.102. The van der Waals surface area contributed by atoms with Crippen LogP contribution >= 0.6 is 0 Å². The summed E-state index contributed by atoms with van der Waals surface area (Å²) in [5.74, 6) is -0.315. The van der Waals surface area contributed by atoms with Crippen molar-refractivity contribution < 1.29 is 9.59 Å². The topological polar surface area (TPSA) is 66.4 Å². The van der Waals surface area contributed by atoms with Gasteiger partial charge in [0.1, 0.15) is 5.69 Å². The molecule has 1 atom stereocenters. The van der Waals surface area contributed by atoms with E-state index in [2.05, 4.69) is 16.0 Å². The number of hydrogen-bond acceptors (Lipinski definition) is 4. The smallest absolute Gasteiger partial charge is 0.272 e. The minimum Gasteiger partial charge on any atom is -0.341 e. The van der Waals surface area contributed by atoms with Crippen LogP contribution in [0.1, 0.15) is 23.0 Å². The fourth-order valence-electron chi connectivity index (χ4n) is 4.04. The van der Waals surface area contributed by atoms with Crippen molar-refractivity contribution in [2.75, 3.05) is 26.2 Å². The van der Waals surface area contributed by atoms with Crippen molar-refractivity contribution in [3.63, 3.8) is 0 Å². The third-order valence-corrected chi connectivity index (χ3v) is 5.70. The Labute approximate surface area is 182 Å². The Morgan fingerprint density at radius 3 is 2.65 bits per heavy atom. The van der Waals surface area contributed by atoms with Gasteiger partial charge >= 0.3 is 0 Å². The monoisotopic (exact) mass is 414 g/mol. The van der Waals surface area contributed by atoms with Gasteiger partial charge in [0, 0.05) is 44.8 Å². The first-order valence-corrected chi connectivity index (χ1v) is 10.6. The summed E-state index contributed by atoms with van der Waals surface area (Å²) in [7, 11) is 0. The number of amides is 2. The largest absolute Gasteiger partial charge is 0.341 e. The molecule has 4 rings (SSSR count). The maximum atomic E-state index is 13.2. The number of hydrogen-bond donors (Lipinski definition) is 0. The summed E-state index contributed by atoms with van der Waals surface area (Å²) >= 11 is 0. The Morgan fingerprint density at radius 2 is 1.90 bits per heavy atom. The van der Waals surface area contributed by atoms with Crippen molar-refractivity contribution in [1.29, 1.82) is 0 Å². The molecule has 1 unspecified atom stereocenters. The quantitative estimate of drug-likeness (QED) is 0.643. The second-order valence-corrected chi connectivity index (χ2v) is 7.73. The molecule has 1 aliphatic heterocycles. The van der Waals surface area contributed by atoms with Gasteiger partial charge in [0.25, 0.3) is 5.91 Å². The van der Waals surface area contributed by atoms with E-state index in [-0.39, 0.29) is 17.7 Å². The van der Waals surface area contributed by atoms with Crippen molar-refractivity contribution in [2.45, 2.75) is 13.3 Å². The molecular formula is C25H26N4O2. The third-order valence-electron chi connectivity index (χ3n) is 5.70. The summed E-state index contributed by atoms with van der Waals surface area (Å²) < 4.78 is 0. The van der Waals surface area contributed by atoms with Crippen LogP contribution in [0, 0.1) is 5.92 Å². The first-order valence-electron chi connectivity index (χ1n) is 10.6. The molecule has 31 heavy (non-hydrogen) atoms. The molecular weight excluding hydrogens is 388 g/mol. The summed E-state index contributed by atoms with van der Waals surface area (Å²) in [6, 6.07) is 17.5. The molecule has 1 saturated heterocycles. The van der Waals surface area contributed by atoms with Gasteiger partial charge in [0.2, 0.25) is 5.91 Å². The number of carbonyl (C=O) groups excluding carboxylic acids is 2. The van der Waals surface area contributed by atoms with Crippen molar-refractivity contribution in [3.8, 4) is 11.1 Å². The summed E-state index contributed by atoms with van der Waals surface area (Å²) in [6.45, 7) is 4.06. The van der Waals surface area contributed by atoms with E-state index in [9.17, 15) is 9.59 Å². The highest BCUT2D eigenvalue weighted by atomic mass is 16.2. The molecule has 0 aliphatic carbocycles. The van der Waals surface area contributed by atoms with Crippen LogP contribution in [0.25, 0.3) is 11.1 Å². The molecule has 0 spiro atoms. The van der Waals surface area contributed by atoms with Gasteiger partial charge in [-0.25, -0.2) is 0 Å². The average molecular weight is 415 g/mol. The first kappa shape index (κ1) is 20.7. The predicted molar refractivity (Wildman–Crippen MR) is 119 cm³/mol. The summed E-state index contributed by atoms with van der Waals surface area (Å²) in [5, 5.41) is 0. The van der Waals surface area contributed by atoms with Gasteiger partial charge in [0.15, 0.2) is 0 Å². The zero-order valence-corrected chi connectivity index (χ0v) is 17.6. The number of rotatable bonds is 5. The Morgan fingerprint density at radius 1 is 1.03 bits per heavy atom. The number of nitrogens with zero attached hydrogens (tertiary/aromatic N) is 4. The Hall–Kier alpha value is -3.54. The van der Waals surface area contributed by atoms with Crippen molar-refractivity contribution in [3.05, 3.63) is 84.4 Å². The number of pyridine rings is 2. The molecule has 0 bridgehead atoms. The lowest BCUT2D eigenvalue weighted by atomic mass is 9.95. The second kappa shape index (κ2) is 9.51. The van der Waals surface area contributed by atoms with Gasteiger partial charge in [-0.15, -0.1) is 0 Å². The molecule has 2 amide bonds. The van der Waals surface area contributed by atoms with Gasteiger partial charge in [0.05, 0.1) is 5.92 Å². The average Bonchev–Trinajstić information content (AvgIpc) is 2.98. The Kier molecular flexibility index (Phi) is 6.36. The molecule has 158 valence electrons. The van der Waals surface area contributed by atoms with E-state index < -0.39 is 0 Å². The van der Waals surface area contributed by atoms with Gasteiger partial charge < -0.3 is 9.80 Å². The van der Waals surface area contributed by atoms with E-state index in [4.69, 9.17) is 0 Å². The van der Waals surface area contributed by atoms with Gasteiger partial charge in [-0.05, 0) is 48.2 Å². The van der Waals surface area contributed by atoms with Crippen LogP contribution in [0.4, 0.5) is 0 Å². The molecule has 6 nitrogen and oxygen atoms in total. The van der Waals surface area contributed by atoms with E-state index in [0.717, 1.165) is 16.7 Å². The predicted octanol–water partition coefficient (Wildman–Crippen LogP) is 3.31. The minimum atomic E-state index is -0.292. The van der Waals surface area contributed by atoms with E-state index in [1.54, 1.807) is 29.4 Å². The highest BCUT2D eigenvalue weighted by Crippen LogP contribution is 2.23. The van der Waals surface area contributed by atoms with E-state index >= 15 is 0 Å². The van der Waals surface area contributed by atoms with E-state index in [1.165, 1.54) is 0 Å². The van der Waals surface area contributed by atoms with Crippen molar-refractivity contribution in [2.24, 2.45) is 5.92 Å². The highest BCUT2D eigenvalue weighted by molar-refractivity contribution is 5.93. The van der Waals surface area contributed by atoms with Crippen LogP contribution in [-0.4, -0.2) is 57.8 Å². The van der Waals surface area contributed by atoms with Gasteiger partial charge in [-0.1, -0.05) is 36.4 Å². The van der Waals surface area contributed by atoms with Crippen molar-refractivity contribution >= 4 is 11.8 Å². The molecule has 2 aromatic heterocycles. The maximum absolute atomic E-state index is 13.2. The molecule has 6 heteroatoms. The molecule has 1 aromatic carbocycles. The summed E-state index contributed by atoms with van der Waals surface area (Å²) in [6.07, 6.45) is 5.79. The lowest BCUT2D eigenvalue weighted by Gasteiger charge is -2.23. The number of aromatic nitrogens is 2. The molecule has 1 fully saturated rings. The molecule has 3 heterocycles. The zero-order chi connectivity index (χ0) is 21.6. The van der Waals surface area contributed by atoms with Crippen LogP contribution < -0.4 is 0 Å². The Bertz CT molecular complexity index is 1040. The Balaban J connectivity index is 1.57. The van der Waals surface area contributed by atoms with E-state index in [1.807, 2.05) is 54.4 Å². The SMILES string of the molecule is CCN1CCN(C(=O)c2ccccn2)CC(Cc2cccc(-c3cccnc3)c2)C1=O. The molecule has 0 saturated carbocycles. The standard InChI is InChI=1S/C25H26N4O2/c1-2-28-13-14-29(25(31)23-10-3-4-12-27-23)18-22(24(28)30)16-19-7-5-8-20(15-19)21-9-6-11-26-17-21/h3-12,15,17,22H,2,13-14,16,18H2,1H3. The summed E-state index contributed by atoms with van der Waals surface area (Å²) in [5.41, 5.74) is 3.60. The van der Waals surface area contributed by atoms with Crippen LogP contribution in [0.5, 0.6) is 0 Å². The number of benzene rings is 1. The molecule has 0 radical (unpaired) electrons. The fraction of sp³-hybridized carbons (Fsp3) is 0.280. The fourth-order valence-corrected chi connectivity index (χ4v) is 4.04. The molecule has 3 aromatic rings. The molecule has 0 N–H and O–H groups in total. The first-order chi connectivity index (χ1) is 15.2. The molecule has 1 aliphatic rings. The van der Waals surface area contributed by atoms with Crippen molar-refractivity contribution in [1.82, 2.24) is 19.8 Å². The highest BCUT2D eigenvalue weighted by Gasteiger charge is 2.32. The van der Waals surface area contributed by atoms with Crippen LogP contribution in [0.2, 0.25) is 0 Å². The third kappa shape index (κ3) is 4.79. The van der Waals surface area contributed by atoms with Crippen LogP contribution in [-0.2, 0) is 11.2 Å². The summed E-state index contributed by atoms with van der Waals surface area (Å²) in [4.78, 5) is 38.2. The normalized spacial score (nSPS) is 16.8. The zero-order valence-electron chi connectivity index (χ0n) is 17.6. The number of likely N-dealkylation sites (N-methyl/N-ethyl adjacent to an activating group) is 1. The van der Waals surface area contributed by atoms with E-state index in [0.29, 0.717) is 38.3 Å². The van der Waals surface area contributed by atoms with Gasteiger partial charge in [-0.3, -0.25) is 19.6 Å². The van der Waals surface area contributed by atoms with Gasteiger partial charge in [-0.2, -0.15) is 0 Å². The van der Waals surface area contributed by atoms with Crippen LogP contribution in [0.15, 0.2) is 73.2 Å². The lowest BCUT2D eigenvalue weighted by Crippen LogP contribution is -2.38. The second-order valence-electron chi connectivity index (χ2n) is 7.73. The lowest BCUT2D eigenvalue weighted by molar-refractivity contribution is -0.134. The maximum Gasteiger partial charge on any atom is 0.272 e. The number of carbonyl (C=O) groups is 2. The van der Waals surface area contributed by atoms with Crippen LogP contribution in [0.3, 0.4) is 0 Å².